The molecule has 1 atom stereocenters. The molecule has 32 heavy (non-hydrogen) atoms. The van der Waals surface area contributed by atoms with Crippen LogP contribution in [0.5, 0.6) is 11.5 Å². The number of carbonyl (C=O) groups is 1. The molecule has 4 N–H and O–H groups in total. The number of likely N-dealkylation sites (N-methyl/N-ethyl adjacent to an activating group) is 1. The number of hydrogen-bond donors (Lipinski definition) is 3. The molecule has 0 aliphatic carbocycles. The van der Waals surface area contributed by atoms with Crippen LogP contribution in [0.15, 0.2) is 48.9 Å². The third-order valence-corrected chi connectivity index (χ3v) is 4.66. The Labute approximate surface area is 187 Å². The van der Waals surface area contributed by atoms with Crippen LogP contribution in [0.1, 0.15) is 30.8 Å². The standard InChI is InChI=1S/C23H28N6O3/c1-4-16(12-25-3)32-17-8-6-7-15(11-17)18-14-27-22(24)21(28-18)23(30)29-19-13-26-10-9-20(19)31-5-2/h6-11,13-14,16,25H,4-5,12H2,1-3H3,(H2,24,27)(H,29,30). The number of ether oxygens (including phenoxy) is 2. The summed E-state index contributed by atoms with van der Waals surface area (Å²) in [7, 11) is 1.89. The molecule has 1 unspecified atom stereocenters. The number of hydrogen-bond acceptors (Lipinski definition) is 8. The van der Waals surface area contributed by atoms with Crippen molar-refractivity contribution in [2.45, 2.75) is 26.4 Å². The Morgan fingerprint density at radius 3 is 2.81 bits per heavy atom. The first kappa shape index (κ1) is 23.0. The predicted octanol–water partition coefficient (Wildman–Crippen LogP) is 3.15. The summed E-state index contributed by atoms with van der Waals surface area (Å²) in [6.07, 6.45) is 5.55. The number of rotatable bonds is 10. The van der Waals surface area contributed by atoms with Crippen molar-refractivity contribution < 1.29 is 14.3 Å². The lowest BCUT2D eigenvalue weighted by atomic mass is 10.1. The zero-order valence-electron chi connectivity index (χ0n) is 18.5. The number of pyridine rings is 1. The fourth-order valence-corrected chi connectivity index (χ4v) is 3.06. The van der Waals surface area contributed by atoms with E-state index in [2.05, 4.69) is 32.5 Å². The summed E-state index contributed by atoms with van der Waals surface area (Å²) < 4.78 is 11.6. The van der Waals surface area contributed by atoms with E-state index >= 15 is 0 Å². The van der Waals surface area contributed by atoms with Gasteiger partial charge in [0, 0.05) is 24.4 Å². The molecule has 0 bridgehead atoms. The largest absolute Gasteiger partial charge is 0.492 e. The Hall–Kier alpha value is -3.72. The molecule has 2 aromatic heterocycles. The summed E-state index contributed by atoms with van der Waals surface area (Å²) in [6.45, 7) is 5.13. The van der Waals surface area contributed by atoms with Gasteiger partial charge in [-0.05, 0) is 32.5 Å². The van der Waals surface area contributed by atoms with Crippen molar-refractivity contribution >= 4 is 17.4 Å². The molecule has 0 fully saturated rings. The van der Waals surface area contributed by atoms with Gasteiger partial charge in [-0.25, -0.2) is 9.97 Å². The Kier molecular flexibility index (Phi) is 7.93. The van der Waals surface area contributed by atoms with Crippen molar-refractivity contribution in [2.75, 3.05) is 31.2 Å². The molecule has 9 nitrogen and oxygen atoms in total. The Morgan fingerprint density at radius 1 is 1.22 bits per heavy atom. The Balaban J connectivity index is 1.85. The third-order valence-electron chi connectivity index (χ3n) is 4.66. The molecule has 0 aliphatic rings. The number of aromatic nitrogens is 3. The molecule has 0 saturated heterocycles. The summed E-state index contributed by atoms with van der Waals surface area (Å²) in [4.78, 5) is 25.6. The average Bonchev–Trinajstić information content (AvgIpc) is 2.80. The molecule has 3 aromatic rings. The van der Waals surface area contributed by atoms with Crippen LogP contribution in [0.3, 0.4) is 0 Å². The fraction of sp³-hybridized carbons (Fsp3) is 0.304. The van der Waals surface area contributed by atoms with E-state index in [1.165, 1.54) is 12.4 Å². The Morgan fingerprint density at radius 2 is 2.06 bits per heavy atom. The molecule has 0 saturated carbocycles. The van der Waals surface area contributed by atoms with Crippen LogP contribution in [-0.2, 0) is 0 Å². The summed E-state index contributed by atoms with van der Waals surface area (Å²) in [5.74, 6) is 0.750. The maximum absolute atomic E-state index is 12.9. The van der Waals surface area contributed by atoms with E-state index in [1.807, 2.05) is 38.2 Å². The highest BCUT2D eigenvalue weighted by molar-refractivity contribution is 6.06. The normalized spacial score (nSPS) is 11.6. The van der Waals surface area contributed by atoms with Crippen LogP contribution < -0.4 is 25.8 Å². The van der Waals surface area contributed by atoms with Gasteiger partial charge in [0.15, 0.2) is 11.5 Å². The highest BCUT2D eigenvalue weighted by Crippen LogP contribution is 2.26. The summed E-state index contributed by atoms with van der Waals surface area (Å²) >= 11 is 0. The molecule has 2 heterocycles. The monoisotopic (exact) mass is 436 g/mol. The third kappa shape index (κ3) is 5.70. The van der Waals surface area contributed by atoms with Crippen LogP contribution in [0, 0.1) is 0 Å². The smallest absolute Gasteiger partial charge is 0.278 e. The van der Waals surface area contributed by atoms with Crippen LogP contribution in [-0.4, -0.2) is 47.2 Å². The van der Waals surface area contributed by atoms with E-state index < -0.39 is 5.91 Å². The lowest BCUT2D eigenvalue weighted by Crippen LogP contribution is -2.28. The second-order valence-corrected chi connectivity index (χ2v) is 6.98. The first-order valence-electron chi connectivity index (χ1n) is 10.5. The fourth-order valence-electron chi connectivity index (χ4n) is 3.06. The minimum Gasteiger partial charge on any atom is -0.492 e. The van der Waals surface area contributed by atoms with Gasteiger partial charge in [-0.15, -0.1) is 0 Å². The number of nitrogens with two attached hydrogens (primary N) is 1. The van der Waals surface area contributed by atoms with Gasteiger partial charge >= 0.3 is 0 Å². The van der Waals surface area contributed by atoms with E-state index in [9.17, 15) is 4.79 Å². The first-order valence-corrected chi connectivity index (χ1v) is 10.5. The van der Waals surface area contributed by atoms with E-state index in [0.717, 1.165) is 18.5 Å². The zero-order chi connectivity index (χ0) is 22.9. The van der Waals surface area contributed by atoms with Crippen molar-refractivity contribution in [3.8, 4) is 22.8 Å². The van der Waals surface area contributed by atoms with E-state index in [0.29, 0.717) is 29.5 Å². The predicted molar refractivity (Wildman–Crippen MR) is 124 cm³/mol. The molecule has 3 rings (SSSR count). The van der Waals surface area contributed by atoms with Gasteiger partial charge in [-0.2, -0.15) is 0 Å². The van der Waals surface area contributed by atoms with Crippen LogP contribution in [0.2, 0.25) is 0 Å². The van der Waals surface area contributed by atoms with E-state index in [1.54, 1.807) is 12.3 Å². The van der Waals surface area contributed by atoms with Crippen molar-refractivity contribution in [1.82, 2.24) is 20.3 Å². The highest BCUT2D eigenvalue weighted by Gasteiger charge is 2.17. The van der Waals surface area contributed by atoms with Crippen molar-refractivity contribution in [3.05, 3.63) is 54.6 Å². The second kappa shape index (κ2) is 11.1. The summed E-state index contributed by atoms with van der Waals surface area (Å²) in [5.41, 5.74) is 7.67. The number of benzene rings is 1. The molecule has 1 amide bonds. The molecule has 9 heteroatoms. The molecule has 1 aromatic carbocycles. The molecule has 0 aliphatic heterocycles. The number of carbonyl (C=O) groups excluding carboxylic acids is 1. The van der Waals surface area contributed by atoms with Gasteiger partial charge in [0.25, 0.3) is 5.91 Å². The minimum atomic E-state index is -0.502. The maximum Gasteiger partial charge on any atom is 0.278 e. The lowest BCUT2D eigenvalue weighted by molar-refractivity contribution is 0.102. The zero-order valence-corrected chi connectivity index (χ0v) is 18.5. The maximum atomic E-state index is 12.9. The van der Waals surface area contributed by atoms with Gasteiger partial charge in [0.2, 0.25) is 0 Å². The van der Waals surface area contributed by atoms with Gasteiger partial charge in [-0.3, -0.25) is 9.78 Å². The van der Waals surface area contributed by atoms with E-state index in [-0.39, 0.29) is 17.6 Å². The SMILES string of the molecule is CCOc1ccncc1NC(=O)c1nc(-c2cccc(OC(CC)CNC)c2)cnc1N. The van der Waals surface area contributed by atoms with Crippen LogP contribution in [0.4, 0.5) is 11.5 Å². The van der Waals surface area contributed by atoms with Crippen LogP contribution in [0.25, 0.3) is 11.3 Å². The number of nitrogens with one attached hydrogen (secondary N) is 2. The molecular weight excluding hydrogens is 408 g/mol. The van der Waals surface area contributed by atoms with Gasteiger partial charge < -0.3 is 25.8 Å². The highest BCUT2D eigenvalue weighted by atomic mass is 16.5. The minimum absolute atomic E-state index is 0.0155. The van der Waals surface area contributed by atoms with Gasteiger partial charge in [0.05, 0.1) is 24.7 Å². The summed E-state index contributed by atoms with van der Waals surface area (Å²) in [6, 6.07) is 9.18. The summed E-state index contributed by atoms with van der Waals surface area (Å²) in [5, 5.41) is 5.87. The molecule has 168 valence electrons. The molecular formula is C23H28N6O3. The van der Waals surface area contributed by atoms with Gasteiger partial charge in [-0.1, -0.05) is 19.1 Å². The molecule has 0 spiro atoms. The van der Waals surface area contributed by atoms with Crippen molar-refractivity contribution in [1.29, 1.82) is 0 Å². The van der Waals surface area contributed by atoms with Crippen molar-refractivity contribution in [3.63, 3.8) is 0 Å². The number of anilines is 2. The number of nitrogens with zero attached hydrogens (tertiary/aromatic N) is 3. The van der Waals surface area contributed by atoms with Crippen molar-refractivity contribution in [2.24, 2.45) is 0 Å². The second-order valence-electron chi connectivity index (χ2n) is 6.98. The first-order chi connectivity index (χ1) is 15.5. The molecule has 0 radical (unpaired) electrons. The quantitative estimate of drug-likeness (QED) is 0.443. The average molecular weight is 437 g/mol. The number of amides is 1. The number of nitrogen functional groups attached to an aromatic ring is 1. The van der Waals surface area contributed by atoms with Gasteiger partial charge in [0.1, 0.15) is 23.3 Å². The van der Waals surface area contributed by atoms with E-state index in [4.69, 9.17) is 15.2 Å². The lowest BCUT2D eigenvalue weighted by Gasteiger charge is -2.17. The Bertz CT molecular complexity index is 1060. The topological polar surface area (TPSA) is 124 Å². The van der Waals surface area contributed by atoms with Crippen LogP contribution >= 0.6 is 0 Å².